The third kappa shape index (κ3) is 4.26. The van der Waals surface area contributed by atoms with Gasteiger partial charge in [0.2, 0.25) is 6.41 Å². The monoisotopic (exact) mass is 392 g/mol. The van der Waals surface area contributed by atoms with Gasteiger partial charge in [0, 0.05) is 0 Å². The number of aromatic carboxylic acids is 1. The zero-order chi connectivity index (χ0) is 20.3. The minimum atomic E-state index is -4.79. The van der Waals surface area contributed by atoms with Crippen LogP contribution >= 0.6 is 0 Å². The Labute approximate surface area is 155 Å². The molecule has 0 fully saturated rings. The molecular weight excluding hydrogens is 381 g/mol. The second kappa shape index (κ2) is 7.39. The zero-order valence-electron chi connectivity index (χ0n) is 13.9. The van der Waals surface area contributed by atoms with Crippen molar-refractivity contribution in [3.05, 3.63) is 60.4 Å². The van der Waals surface area contributed by atoms with E-state index in [0.717, 1.165) is 17.0 Å². The lowest BCUT2D eigenvalue weighted by Gasteiger charge is -2.13. The number of carboxylic acids is 1. The van der Waals surface area contributed by atoms with E-state index in [1.165, 1.54) is 47.4 Å². The largest absolute Gasteiger partial charge is 0.573 e. The molecule has 1 aromatic heterocycles. The SMILES string of the molecule is O=CN(c1ccc(C(=O)O)cc1)c1ncn(-c2ccc(OC(F)(F)F)cc2)n1. The molecule has 0 aliphatic rings. The summed E-state index contributed by atoms with van der Waals surface area (Å²) in [5.74, 6) is -1.50. The lowest BCUT2D eigenvalue weighted by atomic mass is 10.2. The van der Waals surface area contributed by atoms with Gasteiger partial charge in [-0.1, -0.05) is 0 Å². The quantitative estimate of drug-likeness (QED) is 0.647. The van der Waals surface area contributed by atoms with Crippen molar-refractivity contribution >= 4 is 24.0 Å². The molecule has 2 aromatic carbocycles. The van der Waals surface area contributed by atoms with E-state index in [-0.39, 0.29) is 17.3 Å². The van der Waals surface area contributed by atoms with Gasteiger partial charge in [-0.15, -0.1) is 18.3 Å². The van der Waals surface area contributed by atoms with Gasteiger partial charge in [-0.2, -0.15) is 4.98 Å². The van der Waals surface area contributed by atoms with Crippen LogP contribution in [-0.2, 0) is 4.79 Å². The van der Waals surface area contributed by atoms with Gasteiger partial charge >= 0.3 is 12.3 Å². The highest BCUT2D eigenvalue weighted by Crippen LogP contribution is 2.25. The third-order valence-corrected chi connectivity index (χ3v) is 3.53. The average Bonchev–Trinajstić information content (AvgIpc) is 3.12. The number of halogens is 3. The predicted molar refractivity (Wildman–Crippen MR) is 89.6 cm³/mol. The fourth-order valence-electron chi connectivity index (χ4n) is 2.28. The first-order valence-corrected chi connectivity index (χ1v) is 7.62. The summed E-state index contributed by atoms with van der Waals surface area (Å²) in [7, 11) is 0. The summed E-state index contributed by atoms with van der Waals surface area (Å²) in [4.78, 5) is 27.4. The number of ether oxygens (including phenoxy) is 1. The minimum Gasteiger partial charge on any atom is -0.478 e. The van der Waals surface area contributed by atoms with Crippen molar-refractivity contribution in [3.63, 3.8) is 0 Å². The number of nitrogens with zero attached hydrogens (tertiary/aromatic N) is 4. The van der Waals surface area contributed by atoms with E-state index in [1.807, 2.05) is 0 Å². The molecule has 0 spiro atoms. The van der Waals surface area contributed by atoms with Crippen molar-refractivity contribution in [2.45, 2.75) is 6.36 Å². The van der Waals surface area contributed by atoms with Gasteiger partial charge in [-0.05, 0) is 48.5 Å². The second-order valence-electron chi connectivity index (χ2n) is 5.36. The summed E-state index contributed by atoms with van der Waals surface area (Å²) in [5, 5.41) is 13.0. The van der Waals surface area contributed by atoms with Crippen molar-refractivity contribution in [2.75, 3.05) is 4.90 Å². The summed E-state index contributed by atoms with van der Waals surface area (Å²) >= 11 is 0. The van der Waals surface area contributed by atoms with Gasteiger partial charge in [-0.25, -0.2) is 14.4 Å². The zero-order valence-corrected chi connectivity index (χ0v) is 13.9. The van der Waals surface area contributed by atoms with Crippen LogP contribution in [0.4, 0.5) is 24.8 Å². The van der Waals surface area contributed by atoms with Gasteiger partial charge in [-0.3, -0.25) is 4.79 Å². The minimum absolute atomic E-state index is 0.00584. The first-order valence-electron chi connectivity index (χ1n) is 7.62. The molecular formula is C17H11F3N4O4. The number of benzene rings is 2. The lowest BCUT2D eigenvalue weighted by Crippen LogP contribution is -2.17. The number of hydrogen-bond donors (Lipinski definition) is 1. The van der Waals surface area contributed by atoms with Gasteiger partial charge < -0.3 is 9.84 Å². The molecule has 0 saturated heterocycles. The van der Waals surface area contributed by atoms with Crippen molar-refractivity contribution < 1.29 is 32.6 Å². The van der Waals surface area contributed by atoms with Crippen LogP contribution in [0, 0.1) is 0 Å². The molecule has 3 aromatic rings. The standard InChI is InChI=1S/C17H11F3N4O4/c18-17(19,20)28-14-7-5-13(6-8-14)24-9-21-16(22-24)23(10-25)12-3-1-11(2-4-12)15(26)27/h1-10H,(H,26,27). The molecule has 1 amide bonds. The number of carbonyl (C=O) groups is 2. The average molecular weight is 392 g/mol. The maximum Gasteiger partial charge on any atom is 0.573 e. The summed E-state index contributed by atoms with van der Waals surface area (Å²) in [5.41, 5.74) is 0.779. The van der Waals surface area contributed by atoms with Crippen LogP contribution in [0.1, 0.15) is 10.4 Å². The Morgan fingerprint density at radius 3 is 2.29 bits per heavy atom. The van der Waals surface area contributed by atoms with E-state index >= 15 is 0 Å². The van der Waals surface area contributed by atoms with Gasteiger partial charge in [0.15, 0.2) is 0 Å². The number of alkyl halides is 3. The highest BCUT2D eigenvalue weighted by Gasteiger charge is 2.31. The molecule has 0 bridgehead atoms. The molecule has 11 heteroatoms. The molecule has 28 heavy (non-hydrogen) atoms. The Bertz CT molecular complexity index is 985. The number of carboxylic acid groups (broad SMARTS) is 1. The van der Waals surface area contributed by atoms with E-state index in [0.29, 0.717) is 17.8 Å². The number of amides is 1. The molecule has 8 nitrogen and oxygen atoms in total. The number of aromatic nitrogens is 3. The Kier molecular flexibility index (Phi) is 4.98. The predicted octanol–water partition coefficient (Wildman–Crippen LogP) is 3.16. The third-order valence-electron chi connectivity index (χ3n) is 3.53. The van der Waals surface area contributed by atoms with Crippen LogP contribution in [0.3, 0.4) is 0 Å². The fraction of sp³-hybridized carbons (Fsp3) is 0.0588. The molecule has 0 radical (unpaired) electrons. The molecule has 1 heterocycles. The molecule has 0 aliphatic carbocycles. The summed E-state index contributed by atoms with van der Waals surface area (Å²) in [6.07, 6.45) is -3.06. The highest BCUT2D eigenvalue weighted by atomic mass is 19.4. The number of anilines is 2. The topological polar surface area (TPSA) is 97.6 Å². The molecule has 1 N–H and O–H groups in total. The number of hydrogen-bond acceptors (Lipinski definition) is 5. The van der Waals surface area contributed by atoms with Crippen LogP contribution in [0.15, 0.2) is 54.9 Å². The van der Waals surface area contributed by atoms with Crippen molar-refractivity contribution in [1.82, 2.24) is 14.8 Å². The molecule has 0 saturated carbocycles. The Morgan fingerprint density at radius 2 is 1.75 bits per heavy atom. The maximum absolute atomic E-state index is 12.2. The lowest BCUT2D eigenvalue weighted by molar-refractivity contribution is -0.274. The second-order valence-corrected chi connectivity index (χ2v) is 5.36. The van der Waals surface area contributed by atoms with Crippen LogP contribution < -0.4 is 9.64 Å². The van der Waals surface area contributed by atoms with Crippen LogP contribution in [-0.4, -0.2) is 38.6 Å². The van der Waals surface area contributed by atoms with E-state index < -0.39 is 12.3 Å². The summed E-state index contributed by atoms with van der Waals surface area (Å²) in [6, 6.07) is 10.4. The Morgan fingerprint density at radius 1 is 1.11 bits per heavy atom. The molecule has 0 unspecified atom stereocenters. The van der Waals surface area contributed by atoms with Crippen LogP contribution in [0.5, 0.6) is 5.75 Å². The Hall–Kier alpha value is -3.89. The fourth-order valence-corrected chi connectivity index (χ4v) is 2.28. The van der Waals surface area contributed by atoms with Gasteiger partial charge in [0.05, 0.1) is 16.9 Å². The summed E-state index contributed by atoms with van der Waals surface area (Å²) in [6.45, 7) is 0. The number of carbonyl (C=O) groups excluding carboxylic acids is 1. The number of rotatable bonds is 6. The molecule has 144 valence electrons. The molecule has 0 aliphatic heterocycles. The van der Waals surface area contributed by atoms with Crippen molar-refractivity contribution in [2.24, 2.45) is 0 Å². The van der Waals surface area contributed by atoms with Crippen LogP contribution in [0.25, 0.3) is 5.69 Å². The first kappa shape index (κ1) is 18.9. The highest BCUT2D eigenvalue weighted by molar-refractivity contribution is 5.89. The molecule has 0 atom stereocenters. The van der Waals surface area contributed by atoms with Crippen molar-refractivity contribution in [3.8, 4) is 11.4 Å². The Balaban J connectivity index is 1.82. The smallest absolute Gasteiger partial charge is 0.478 e. The van der Waals surface area contributed by atoms with E-state index in [4.69, 9.17) is 5.11 Å². The maximum atomic E-state index is 12.2. The van der Waals surface area contributed by atoms with E-state index in [1.54, 1.807) is 0 Å². The van der Waals surface area contributed by atoms with Crippen LogP contribution in [0.2, 0.25) is 0 Å². The van der Waals surface area contributed by atoms with Crippen molar-refractivity contribution in [1.29, 1.82) is 0 Å². The van der Waals surface area contributed by atoms with Gasteiger partial charge in [0.1, 0.15) is 12.1 Å². The first-order chi connectivity index (χ1) is 13.3. The van der Waals surface area contributed by atoms with E-state index in [2.05, 4.69) is 14.8 Å². The summed E-state index contributed by atoms with van der Waals surface area (Å²) < 4.78 is 41.7. The van der Waals surface area contributed by atoms with E-state index in [9.17, 15) is 22.8 Å². The van der Waals surface area contributed by atoms with Gasteiger partial charge in [0.25, 0.3) is 5.95 Å². The molecule has 3 rings (SSSR count). The normalized spacial score (nSPS) is 11.1.